The van der Waals surface area contributed by atoms with Gasteiger partial charge < -0.3 is 10.4 Å². The molecular weight excluding hydrogens is 278 g/mol. The lowest BCUT2D eigenvalue weighted by molar-refractivity contribution is -0.154. The molecule has 106 valence electrons. The molecule has 0 aliphatic heterocycles. The second-order valence-corrected chi connectivity index (χ2v) is 5.48. The van der Waals surface area contributed by atoms with Crippen LogP contribution in [0.4, 0.5) is 0 Å². The molecule has 1 aliphatic carbocycles. The van der Waals surface area contributed by atoms with E-state index in [9.17, 15) is 9.59 Å². The average Bonchev–Trinajstić information content (AvgIpc) is 2.36. The molecule has 5 heteroatoms. The van der Waals surface area contributed by atoms with E-state index in [-0.39, 0.29) is 12.5 Å². The van der Waals surface area contributed by atoms with Gasteiger partial charge >= 0.3 is 5.97 Å². The van der Waals surface area contributed by atoms with E-state index in [1.165, 1.54) is 6.08 Å². The smallest absolute Gasteiger partial charge is 0.311 e. The molecule has 0 spiro atoms. The van der Waals surface area contributed by atoms with Gasteiger partial charge in [0, 0.05) is 17.6 Å². The maximum atomic E-state index is 11.7. The predicted molar refractivity (Wildman–Crippen MR) is 77.4 cm³/mol. The number of rotatable bonds is 5. The molecule has 4 nitrogen and oxygen atoms in total. The van der Waals surface area contributed by atoms with Gasteiger partial charge in [0.05, 0.1) is 5.41 Å². The molecule has 0 heterocycles. The molecule has 0 aromatic heterocycles. The van der Waals surface area contributed by atoms with Crippen molar-refractivity contribution >= 4 is 29.6 Å². The van der Waals surface area contributed by atoms with Crippen LogP contribution in [0.3, 0.4) is 0 Å². The maximum Gasteiger partial charge on any atom is 0.311 e. The lowest BCUT2D eigenvalue weighted by Crippen LogP contribution is -2.47. The number of carboxylic acids is 1. The van der Waals surface area contributed by atoms with Crippen molar-refractivity contribution in [2.45, 2.75) is 19.3 Å². The Morgan fingerprint density at radius 2 is 1.95 bits per heavy atom. The Hall–Kier alpha value is -1.81. The third-order valence-corrected chi connectivity index (χ3v) is 3.91. The number of amides is 1. The van der Waals surface area contributed by atoms with Gasteiger partial charge in [0.1, 0.15) is 0 Å². The standard InChI is InChI=1S/C15H16ClNO3/c16-12-5-2-11(3-6-12)4-7-13(18)17-10-15(14(19)20)8-1-9-15/h2-7H,1,8-10H2,(H,17,18)(H,19,20)/b7-4+. The van der Waals surface area contributed by atoms with Gasteiger partial charge in [0.2, 0.25) is 5.91 Å². The summed E-state index contributed by atoms with van der Waals surface area (Å²) in [5, 5.41) is 12.4. The summed E-state index contributed by atoms with van der Waals surface area (Å²) in [7, 11) is 0. The summed E-state index contributed by atoms with van der Waals surface area (Å²) >= 11 is 5.77. The maximum absolute atomic E-state index is 11.7. The molecule has 0 radical (unpaired) electrons. The normalized spacial score (nSPS) is 16.6. The molecule has 0 bridgehead atoms. The van der Waals surface area contributed by atoms with Crippen LogP contribution in [0.25, 0.3) is 6.08 Å². The summed E-state index contributed by atoms with van der Waals surface area (Å²) in [5.41, 5.74) is 0.102. The van der Waals surface area contributed by atoms with Crippen LogP contribution in [0.15, 0.2) is 30.3 Å². The van der Waals surface area contributed by atoms with Crippen molar-refractivity contribution in [2.75, 3.05) is 6.54 Å². The van der Waals surface area contributed by atoms with Crippen molar-refractivity contribution in [3.8, 4) is 0 Å². The molecule has 1 aliphatic rings. The zero-order valence-corrected chi connectivity index (χ0v) is 11.7. The largest absolute Gasteiger partial charge is 0.481 e. The van der Waals surface area contributed by atoms with Crippen LogP contribution in [0.5, 0.6) is 0 Å². The molecular formula is C15H16ClNO3. The van der Waals surface area contributed by atoms with Gasteiger partial charge in [-0.15, -0.1) is 0 Å². The fourth-order valence-corrected chi connectivity index (χ4v) is 2.26. The molecule has 2 N–H and O–H groups in total. The highest BCUT2D eigenvalue weighted by molar-refractivity contribution is 6.30. The van der Waals surface area contributed by atoms with Crippen molar-refractivity contribution in [1.82, 2.24) is 5.32 Å². The van der Waals surface area contributed by atoms with E-state index in [1.54, 1.807) is 30.3 Å². The Morgan fingerprint density at radius 1 is 1.30 bits per heavy atom. The van der Waals surface area contributed by atoms with Crippen molar-refractivity contribution in [2.24, 2.45) is 5.41 Å². The number of carbonyl (C=O) groups is 2. The fourth-order valence-electron chi connectivity index (χ4n) is 2.13. The second kappa shape index (κ2) is 6.09. The molecule has 1 fully saturated rings. The van der Waals surface area contributed by atoms with E-state index in [0.29, 0.717) is 17.9 Å². The first-order valence-electron chi connectivity index (χ1n) is 6.47. The molecule has 1 saturated carbocycles. The number of carbonyl (C=O) groups excluding carboxylic acids is 1. The van der Waals surface area contributed by atoms with E-state index in [4.69, 9.17) is 16.7 Å². The van der Waals surface area contributed by atoms with Crippen LogP contribution < -0.4 is 5.32 Å². The zero-order valence-electron chi connectivity index (χ0n) is 10.9. The van der Waals surface area contributed by atoms with Gasteiger partial charge in [-0.3, -0.25) is 9.59 Å². The van der Waals surface area contributed by atoms with Crippen molar-refractivity contribution in [3.05, 3.63) is 40.9 Å². The Bertz CT molecular complexity index is 533. The van der Waals surface area contributed by atoms with E-state index in [1.807, 2.05) is 0 Å². The quantitative estimate of drug-likeness (QED) is 0.820. The zero-order chi connectivity index (χ0) is 14.6. The highest BCUT2D eigenvalue weighted by Crippen LogP contribution is 2.40. The molecule has 1 amide bonds. The third-order valence-electron chi connectivity index (χ3n) is 3.66. The lowest BCUT2D eigenvalue weighted by Gasteiger charge is -2.37. The molecule has 2 rings (SSSR count). The van der Waals surface area contributed by atoms with Gasteiger partial charge in [-0.25, -0.2) is 0 Å². The summed E-state index contributed by atoms with van der Waals surface area (Å²) in [6, 6.07) is 7.09. The van der Waals surface area contributed by atoms with Gasteiger partial charge in [-0.05, 0) is 36.6 Å². The molecule has 0 atom stereocenters. The van der Waals surface area contributed by atoms with E-state index >= 15 is 0 Å². The predicted octanol–water partition coefficient (Wildman–Crippen LogP) is 2.72. The van der Waals surface area contributed by atoms with Crippen LogP contribution in [0.1, 0.15) is 24.8 Å². The van der Waals surface area contributed by atoms with Crippen LogP contribution in [0.2, 0.25) is 5.02 Å². The number of aliphatic carboxylic acids is 1. The summed E-state index contributed by atoms with van der Waals surface area (Å²) in [6.07, 6.45) is 5.23. The average molecular weight is 294 g/mol. The van der Waals surface area contributed by atoms with E-state index < -0.39 is 11.4 Å². The summed E-state index contributed by atoms with van der Waals surface area (Å²) < 4.78 is 0. The fraction of sp³-hybridized carbons (Fsp3) is 0.333. The lowest BCUT2D eigenvalue weighted by atomic mass is 9.69. The van der Waals surface area contributed by atoms with Crippen LogP contribution >= 0.6 is 11.6 Å². The molecule has 20 heavy (non-hydrogen) atoms. The van der Waals surface area contributed by atoms with Crippen LogP contribution in [-0.4, -0.2) is 23.5 Å². The van der Waals surface area contributed by atoms with Gasteiger partial charge in [0.25, 0.3) is 0 Å². The topological polar surface area (TPSA) is 66.4 Å². The molecule has 1 aromatic rings. The number of carboxylic acid groups (broad SMARTS) is 1. The minimum absolute atomic E-state index is 0.187. The number of hydrogen-bond acceptors (Lipinski definition) is 2. The van der Waals surface area contributed by atoms with Gasteiger partial charge in [0.15, 0.2) is 0 Å². The highest BCUT2D eigenvalue weighted by Gasteiger charge is 2.44. The summed E-state index contributed by atoms with van der Waals surface area (Å²) in [5.74, 6) is -1.11. The Balaban J connectivity index is 1.86. The number of benzene rings is 1. The van der Waals surface area contributed by atoms with Gasteiger partial charge in [-0.1, -0.05) is 30.2 Å². The van der Waals surface area contributed by atoms with E-state index in [0.717, 1.165) is 12.0 Å². The minimum atomic E-state index is -0.828. The Kier molecular flexibility index (Phi) is 4.45. The Morgan fingerprint density at radius 3 is 2.45 bits per heavy atom. The molecule has 0 unspecified atom stereocenters. The first kappa shape index (κ1) is 14.6. The number of halogens is 1. The Labute approximate surface area is 122 Å². The van der Waals surface area contributed by atoms with Gasteiger partial charge in [-0.2, -0.15) is 0 Å². The van der Waals surface area contributed by atoms with E-state index in [2.05, 4.69) is 5.32 Å². The van der Waals surface area contributed by atoms with Crippen LogP contribution in [-0.2, 0) is 9.59 Å². The van der Waals surface area contributed by atoms with Crippen molar-refractivity contribution in [3.63, 3.8) is 0 Å². The monoisotopic (exact) mass is 293 g/mol. The highest BCUT2D eigenvalue weighted by atomic mass is 35.5. The van der Waals surface area contributed by atoms with Crippen molar-refractivity contribution < 1.29 is 14.7 Å². The summed E-state index contributed by atoms with van der Waals surface area (Å²) in [4.78, 5) is 22.8. The minimum Gasteiger partial charge on any atom is -0.481 e. The molecule has 0 saturated heterocycles. The second-order valence-electron chi connectivity index (χ2n) is 5.04. The third kappa shape index (κ3) is 3.39. The SMILES string of the molecule is O=C(/C=C/c1ccc(Cl)cc1)NCC1(C(=O)O)CCC1. The number of hydrogen-bond donors (Lipinski definition) is 2. The summed E-state index contributed by atoms with van der Waals surface area (Å²) in [6.45, 7) is 0.187. The molecule has 1 aromatic carbocycles. The van der Waals surface area contributed by atoms with Crippen LogP contribution in [0, 0.1) is 5.41 Å². The first-order valence-corrected chi connectivity index (χ1v) is 6.85. The first-order chi connectivity index (χ1) is 9.52. The van der Waals surface area contributed by atoms with Crippen molar-refractivity contribution in [1.29, 1.82) is 0 Å². The number of nitrogens with one attached hydrogen (secondary N) is 1.